The maximum Gasteiger partial charge on any atom is 0.251 e. The van der Waals surface area contributed by atoms with E-state index in [0.29, 0.717) is 35.1 Å². The molecule has 1 amide bonds. The molecule has 1 aliphatic heterocycles. The number of carbonyl (C=O) groups is 1. The summed E-state index contributed by atoms with van der Waals surface area (Å²) in [5, 5.41) is 3.02. The third-order valence-corrected chi connectivity index (χ3v) is 9.87. The number of imidazole rings is 1. The van der Waals surface area contributed by atoms with Crippen LogP contribution in [0, 0.1) is 0 Å². The first-order chi connectivity index (χ1) is 23.4. The Bertz CT molecular complexity index is 1670. The van der Waals surface area contributed by atoms with Crippen LogP contribution < -0.4 is 15.0 Å². The summed E-state index contributed by atoms with van der Waals surface area (Å²) in [5.74, 6) is 1.05. The van der Waals surface area contributed by atoms with E-state index in [-0.39, 0.29) is 5.91 Å². The zero-order valence-electron chi connectivity index (χ0n) is 28.7. The molecular formula is C39H48N4O4S. The predicted octanol–water partition coefficient (Wildman–Crippen LogP) is 7.89. The fourth-order valence-corrected chi connectivity index (χ4v) is 7.04. The maximum atomic E-state index is 13.4. The van der Waals surface area contributed by atoms with E-state index >= 15 is 0 Å². The molecule has 1 aliphatic rings. The molecule has 48 heavy (non-hydrogen) atoms. The number of aromatic nitrogens is 2. The Labute approximate surface area is 288 Å². The molecule has 0 saturated carbocycles. The van der Waals surface area contributed by atoms with Gasteiger partial charge >= 0.3 is 0 Å². The molecule has 0 aliphatic carbocycles. The quantitative estimate of drug-likeness (QED) is 0.0742. The number of nitrogens with zero attached hydrogens (tertiary/aromatic N) is 3. The first-order valence-electron chi connectivity index (χ1n) is 17.0. The SMILES string of the molecule is CCCCOCCOc1ccc(-c2cc(C=C(C)C(=O)Nc3ccc([S+]([O-])Cc4cncn4CCC)cc3)c3c(c2)CCCN3C)cc1. The Morgan fingerprint density at radius 2 is 1.81 bits per heavy atom. The molecule has 4 aromatic rings. The molecule has 1 atom stereocenters. The largest absolute Gasteiger partial charge is 0.611 e. The van der Waals surface area contributed by atoms with Crippen molar-refractivity contribution in [3.05, 3.63) is 95.6 Å². The summed E-state index contributed by atoms with van der Waals surface area (Å²) in [6, 6.07) is 19.9. The molecule has 8 nitrogen and oxygen atoms in total. The molecule has 1 unspecified atom stereocenters. The molecule has 254 valence electrons. The minimum absolute atomic E-state index is 0.176. The van der Waals surface area contributed by atoms with Crippen molar-refractivity contribution in [1.82, 2.24) is 9.55 Å². The van der Waals surface area contributed by atoms with Gasteiger partial charge in [0, 0.05) is 43.7 Å². The Hall–Kier alpha value is -4.05. The molecule has 0 spiro atoms. The number of unbranched alkanes of at least 4 members (excludes halogenated alkanes) is 1. The van der Waals surface area contributed by atoms with E-state index < -0.39 is 11.2 Å². The number of hydrogen-bond donors (Lipinski definition) is 1. The summed E-state index contributed by atoms with van der Waals surface area (Å²) in [5.41, 5.74) is 7.91. The van der Waals surface area contributed by atoms with Gasteiger partial charge in [-0.15, -0.1) is 0 Å². The van der Waals surface area contributed by atoms with E-state index in [9.17, 15) is 9.35 Å². The maximum absolute atomic E-state index is 13.4. The van der Waals surface area contributed by atoms with Gasteiger partial charge in [-0.1, -0.05) is 32.4 Å². The van der Waals surface area contributed by atoms with Crippen LogP contribution in [0.3, 0.4) is 0 Å². The van der Waals surface area contributed by atoms with Crippen molar-refractivity contribution >= 4 is 34.5 Å². The number of benzene rings is 3. The summed E-state index contributed by atoms with van der Waals surface area (Å²) < 4.78 is 26.6. The average molecular weight is 669 g/mol. The first-order valence-corrected chi connectivity index (χ1v) is 18.3. The van der Waals surface area contributed by atoms with Crippen LogP contribution in [-0.4, -0.2) is 53.4 Å². The molecule has 0 radical (unpaired) electrons. The van der Waals surface area contributed by atoms with Gasteiger partial charge in [0.05, 0.1) is 24.8 Å². The second kappa shape index (κ2) is 17.4. The van der Waals surface area contributed by atoms with Crippen molar-refractivity contribution in [2.45, 2.75) is 70.1 Å². The number of anilines is 2. The van der Waals surface area contributed by atoms with Crippen LogP contribution in [0.15, 0.2) is 83.7 Å². The van der Waals surface area contributed by atoms with Crippen LogP contribution in [0.5, 0.6) is 5.75 Å². The highest BCUT2D eigenvalue weighted by Crippen LogP contribution is 2.36. The van der Waals surface area contributed by atoms with Gasteiger partial charge in [-0.2, -0.15) is 0 Å². The van der Waals surface area contributed by atoms with Crippen molar-refractivity contribution in [2.24, 2.45) is 0 Å². The van der Waals surface area contributed by atoms with Gasteiger partial charge in [-0.3, -0.25) is 4.79 Å². The summed E-state index contributed by atoms with van der Waals surface area (Å²) in [6.07, 6.45) is 10.8. The van der Waals surface area contributed by atoms with Crippen LogP contribution in [0.2, 0.25) is 0 Å². The van der Waals surface area contributed by atoms with E-state index in [1.807, 2.05) is 54.0 Å². The molecule has 1 aromatic heterocycles. The molecule has 0 bridgehead atoms. The lowest BCUT2D eigenvalue weighted by Gasteiger charge is -2.30. The smallest absolute Gasteiger partial charge is 0.251 e. The van der Waals surface area contributed by atoms with Crippen molar-refractivity contribution in [2.75, 3.05) is 43.6 Å². The highest BCUT2D eigenvalue weighted by molar-refractivity contribution is 7.90. The minimum atomic E-state index is -1.21. The number of nitrogens with one attached hydrogen (secondary N) is 1. The van der Waals surface area contributed by atoms with E-state index in [0.717, 1.165) is 79.9 Å². The van der Waals surface area contributed by atoms with E-state index in [2.05, 4.69) is 60.4 Å². The molecular weight excluding hydrogens is 621 g/mol. The third-order valence-electron chi connectivity index (χ3n) is 8.51. The zero-order chi connectivity index (χ0) is 33.9. The van der Waals surface area contributed by atoms with Gasteiger partial charge in [-0.25, -0.2) is 4.98 Å². The van der Waals surface area contributed by atoms with E-state index in [1.54, 1.807) is 12.5 Å². The van der Waals surface area contributed by atoms with Gasteiger partial charge in [0.15, 0.2) is 10.6 Å². The first kappa shape index (κ1) is 35.3. The monoisotopic (exact) mass is 668 g/mol. The molecule has 2 heterocycles. The van der Waals surface area contributed by atoms with Crippen LogP contribution >= 0.6 is 0 Å². The second-order valence-electron chi connectivity index (χ2n) is 12.3. The number of rotatable bonds is 16. The van der Waals surface area contributed by atoms with Crippen LogP contribution in [0.4, 0.5) is 11.4 Å². The van der Waals surface area contributed by atoms with Crippen molar-refractivity contribution in [3.8, 4) is 16.9 Å². The number of fused-ring (bicyclic) bond motifs is 1. The number of hydrogen-bond acceptors (Lipinski definition) is 6. The number of ether oxygens (including phenoxy) is 2. The lowest BCUT2D eigenvalue weighted by Crippen LogP contribution is -2.25. The summed E-state index contributed by atoms with van der Waals surface area (Å²) in [4.78, 5) is 20.6. The predicted molar refractivity (Wildman–Crippen MR) is 196 cm³/mol. The van der Waals surface area contributed by atoms with Gasteiger partial charge in [0.1, 0.15) is 12.4 Å². The Morgan fingerprint density at radius 1 is 1.02 bits per heavy atom. The Balaban J connectivity index is 1.27. The third kappa shape index (κ3) is 9.30. The van der Waals surface area contributed by atoms with Crippen molar-refractivity contribution in [3.63, 3.8) is 0 Å². The normalized spacial score (nSPS) is 13.7. The molecule has 1 N–H and O–H groups in total. The van der Waals surface area contributed by atoms with Crippen LogP contribution in [0.1, 0.15) is 63.3 Å². The standard InChI is InChI=1S/C39H48N4O4S/c1-5-7-20-46-21-22-47-36-14-10-30(11-15-36)32-24-31-9-8-19-42(4)38(31)33(25-32)23-29(3)39(44)41-34-12-16-37(17-13-34)48(45)27-35-26-40-28-43(35)18-6-2/h10-17,23-26,28H,5-9,18-22,27H2,1-4H3,(H,41,44). The lowest BCUT2D eigenvalue weighted by atomic mass is 9.92. The molecule has 0 saturated heterocycles. The highest BCUT2D eigenvalue weighted by Gasteiger charge is 2.20. The van der Waals surface area contributed by atoms with Crippen LogP contribution in [-0.2, 0) is 39.4 Å². The lowest BCUT2D eigenvalue weighted by molar-refractivity contribution is -0.112. The van der Waals surface area contributed by atoms with E-state index in [4.69, 9.17) is 9.47 Å². The van der Waals surface area contributed by atoms with E-state index in [1.165, 1.54) is 11.3 Å². The topological polar surface area (TPSA) is 91.7 Å². The Morgan fingerprint density at radius 3 is 2.56 bits per heavy atom. The van der Waals surface area contributed by atoms with Gasteiger partial charge < -0.3 is 28.8 Å². The Kier molecular flexibility index (Phi) is 12.8. The average Bonchev–Trinajstić information content (AvgIpc) is 3.53. The fourth-order valence-electron chi connectivity index (χ4n) is 5.93. The summed E-state index contributed by atoms with van der Waals surface area (Å²) in [7, 11) is 2.12. The highest BCUT2D eigenvalue weighted by atomic mass is 32.2. The minimum Gasteiger partial charge on any atom is -0.611 e. The molecule has 9 heteroatoms. The number of aryl methyl sites for hydroxylation is 2. The second-order valence-corrected chi connectivity index (χ2v) is 13.8. The van der Waals surface area contributed by atoms with Crippen LogP contribution in [0.25, 0.3) is 17.2 Å². The van der Waals surface area contributed by atoms with Crippen molar-refractivity contribution in [1.29, 1.82) is 0 Å². The zero-order valence-corrected chi connectivity index (χ0v) is 29.5. The number of carbonyl (C=O) groups excluding carboxylic acids is 1. The molecule has 5 rings (SSSR count). The fraction of sp³-hybridized carbons (Fsp3) is 0.385. The summed E-state index contributed by atoms with van der Waals surface area (Å²) >= 11 is -1.21. The molecule has 0 fully saturated rings. The van der Waals surface area contributed by atoms with Crippen molar-refractivity contribution < 1.29 is 18.8 Å². The van der Waals surface area contributed by atoms with Gasteiger partial charge in [-0.05, 0) is 121 Å². The molecule has 3 aromatic carbocycles. The summed E-state index contributed by atoms with van der Waals surface area (Å²) in [6.45, 7) is 9.82. The van der Waals surface area contributed by atoms with Gasteiger partial charge in [0.2, 0.25) is 0 Å². The number of amides is 1. The van der Waals surface area contributed by atoms with Gasteiger partial charge in [0.25, 0.3) is 5.91 Å².